The molecule has 0 N–H and O–H groups in total. The quantitative estimate of drug-likeness (QED) is 0.571. The van der Waals surface area contributed by atoms with Gasteiger partial charge in [-0.05, 0) is 0 Å². The van der Waals surface area contributed by atoms with Crippen LogP contribution < -0.4 is 0 Å². The summed E-state index contributed by atoms with van der Waals surface area (Å²) in [6.45, 7) is -4.56. The van der Waals surface area contributed by atoms with Gasteiger partial charge in [-0.25, -0.2) is 26.3 Å². The molecular formula is C7H11F7O2. The van der Waals surface area contributed by atoms with E-state index in [4.69, 9.17) is 0 Å². The third kappa shape index (κ3) is 4.97. The minimum absolute atomic E-state index is 0.500. The third-order valence-electron chi connectivity index (χ3n) is 1.46. The van der Waals surface area contributed by atoms with Crippen molar-refractivity contribution in [1.29, 1.82) is 0 Å². The van der Waals surface area contributed by atoms with Crippen LogP contribution in [0.4, 0.5) is 30.7 Å². The van der Waals surface area contributed by atoms with Crippen molar-refractivity contribution in [3.05, 3.63) is 0 Å². The molecule has 0 aromatic heterocycles. The van der Waals surface area contributed by atoms with Crippen molar-refractivity contribution >= 4 is 0 Å². The van der Waals surface area contributed by atoms with Crippen LogP contribution in [0.1, 0.15) is 6.42 Å². The first-order valence-corrected chi connectivity index (χ1v) is 3.77. The first-order chi connectivity index (χ1) is 7.49. The smallest absolute Gasteiger partial charge is 0.306 e. The molecule has 1 aliphatic rings. The molecule has 0 unspecified atom stereocenters. The predicted octanol–water partition coefficient (Wildman–Crippen LogP) is 3.08. The average molecular weight is 260 g/mol. The summed E-state index contributed by atoms with van der Waals surface area (Å²) in [6, 6.07) is 0. The topological polar surface area (TPSA) is 18.5 Å². The summed E-state index contributed by atoms with van der Waals surface area (Å²) < 4.78 is 83.9. The van der Waals surface area contributed by atoms with Crippen LogP contribution in [-0.4, -0.2) is 39.5 Å². The van der Waals surface area contributed by atoms with E-state index in [2.05, 4.69) is 9.47 Å². The van der Waals surface area contributed by atoms with Crippen molar-refractivity contribution in [3.8, 4) is 0 Å². The SMILES string of the molecule is CF.FCF.FCOC1(OCF)CC1(F)F. The number of alkyl halides is 7. The van der Waals surface area contributed by atoms with Gasteiger partial charge in [0.1, 0.15) is 0 Å². The largest absolute Gasteiger partial charge is 0.313 e. The van der Waals surface area contributed by atoms with Crippen LogP contribution in [0.25, 0.3) is 0 Å². The Labute approximate surface area is 87.3 Å². The van der Waals surface area contributed by atoms with Gasteiger partial charge in [0.05, 0.1) is 13.6 Å². The summed E-state index contributed by atoms with van der Waals surface area (Å²) in [7, 11) is 0.500. The van der Waals surface area contributed by atoms with Crippen molar-refractivity contribution in [2.75, 3.05) is 27.8 Å². The molecule has 0 atom stereocenters. The lowest BCUT2D eigenvalue weighted by Gasteiger charge is -2.12. The zero-order valence-electron chi connectivity index (χ0n) is 8.29. The molecule has 0 bridgehead atoms. The van der Waals surface area contributed by atoms with Crippen molar-refractivity contribution in [1.82, 2.24) is 0 Å². The lowest BCUT2D eigenvalue weighted by molar-refractivity contribution is -0.244. The Morgan fingerprint density at radius 1 is 0.938 bits per heavy atom. The highest BCUT2D eigenvalue weighted by Gasteiger charge is 2.75. The second kappa shape index (κ2) is 8.57. The molecule has 16 heavy (non-hydrogen) atoms. The monoisotopic (exact) mass is 260 g/mol. The Morgan fingerprint density at radius 2 is 1.19 bits per heavy atom. The molecule has 0 radical (unpaired) electrons. The van der Waals surface area contributed by atoms with Crippen molar-refractivity contribution in [2.45, 2.75) is 18.1 Å². The van der Waals surface area contributed by atoms with Crippen LogP contribution in [0.5, 0.6) is 0 Å². The Hall–Kier alpha value is -0.570. The van der Waals surface area contributed by atoms with E-state index in [1.165, 1.54) is 0 Å². The number of hydrogen-bond acceptors (Lipinski definition) is 2. The summed E-state index contributed by atoms with van der Waals surface area (Å²) in [5.41, 5.74) is 0. The molecular weight excluding hydrogens is 249 g/mol. The van der Waals surface area contributed by atoms with Crippen LogP contribution in [0, 0.1) is 0 Å². The van der Waals surface area contributed by atoms with Gasteiger partial charge in [-0.2, -0.15) is 0 Å². The summed E-state index contributed by atoms with van der Waals surface area (Å²) in [6.07, 6.45) is -0.784. The van der Waals surface area contributed by atoms with Gasteiger partial charge in [0.2, 0.25) is 12.7 Å². The summed E-state index contributed by atoms with van der Waals surface area (Å²) in [5, 5.41) is 0. The fraction of sp³-hybridized carbons (Fsp3) is 1.00. The lowest BCUT2D eigenvalue weighted by Crippen LogP contribution is -2.26. The Kier molecular flexibility index (Phi) is 9.54. The molecule has 0 aromatic carbocycles. The van der Waals surface area contributed by atoms with Crippen molar-refractivity contribution in [3.63, 3.8) is 0 Å². The third-order valence-corrected chi connectivity index (χ3v) is 1.46. The molecule has 0 aliphatic heterocycles. The van der Waals surface area contributed by atoms with Crippen LogP contribution in [0.15, 0.2) is 0 Å². The van der Waals surface area contributed by atoms with E-state index in [1.807, 2.05) is 0 Å². The van der Waals surface area contributed by atoms with Gasteiger partial charge in [0, 0.05) is 0 Å². The molecule has 0 spiro atoms. The minimum atomic E-state index is -3.26. The zero-order valence-corrected chi connectivity index (χ0v) is 8.29. The van der Waals surface area contributed by atoms with Gasteiger partial charge < -0.3 is 9.47 Å². The standard InChI is InChI=1S/C5H6F4O2.CH2F2.CH3F/c6-2-10-5(11-3-7)1-4(5,8)9;2-1-3;1-2/h1-3H2;1H2;1H3. The Bertz CT molecular complexity index is 161. The number of ether oxygens (including phenoxy) is 2. The maximum absolute atomic E-state index is 12.2. The van der Waals surface area contributed by atoms with Crippen molar-refractivity contribution in [2.24, 2.45) is 0 Å². The molecule has 1 aliphatic carbocycles. The number of halogens is 7. The first-order valence-electron chi connectivity index (χ1n) is 3.77. The van der Waals surface area contributed by atoms with Gasteiger partial charge in [-0.3, -0.25) is 4.39 Å². The highest BCUT2D eigenvalue weighted by atomic mass is 19.3. The number of hydrogen-bond donors (Lipinski definition) is 0. The molecule has 2 nitrogen and oxygen atoms in total. The molecule has 1 rings (SSSR count). The van der Waals surface area contributed by atoms with E-state index in [-0.39, 0.29) is 0 Å². The lowest BCUT2D eigenvalue weighted by atomic mass is 10.7. The van der Waals surface area contributed by atoms with Gasteiger partial charge >= 0.3 is 5.92 Å². The molecule has 1 fully saturated rings. The maximum Gasteiger partial charge on any atom is 0.306 e. The van der Waals surface area contributed by atoms with Gasteiger partial charge in [0.15, 0.2) is 13.7 Å². The van der Waals surface area contributed by atoms with Crippen molar-refractivity contribution < 1.29 is 40.2 Å². The second-order valence-electron chi connectivity index (χ2n) is 2.24. The number of rotatable bonds is 4. The van der Waals surface area contributed by atoms with Crippen LogP contribution in [-0.2, 0) is 9.47 Å². The first kappa shape index (κ1) is 17.8. The summed E-state index contributed by atoms with van der Waals surface area (Å²) >= 11 is 0. The molecule has 0 aromatic rings. The molecule has 100 valence electrons. The highest BCUT2D eigenvalue weighted by molar-refractivity contribution is 5.06. The molecule has 1 saturated carbocycles. The van der Waals surface area contributed by atoms with Gasteiger partial charge in [0.25, 0.3) is 0 Å². The van der Waals surface area contributed by atoms with E-state index < -0.39 is 38.8 Å². The average Bonchev–Trinajstić information content (AvgIpc) is 2.73. The Balaban J connectivity index is 0. The fourth-order valence-corrected chi connectivity index (χ4v) is 0.779. The Morgan fingerprint density at radius 3 is 1.31 bits per heavy atom. The normalized spacial score (nSPS) is 18.8. The van der Waals surface area contributed by atoms with Crippen LogP contribution in [0.3, 0.4) is 0 Å². The van der Waals surface area contributed by atoms with Crippen LogP contribution >= 0.6 is 0 Å². The summed E-state index contributed by atoms with van der Waals surface area (Å²) in [4.78, 5) is 0. The second-order valence-corrected chi connectivity index (χ2v) is 2.24. The predicted molar refractivity (Wildman–Crippen MR) is 40.5 cm³/mol. The highest BCUT2D eigenvalue weighted by Crippen LogP contribution is 2.56. The van der Waals surface area contributed by atoms with E-state index >= 15 is 0 Å². The zero-order chi connectivity index (χ0) is 13.2. The van der Waals surface area contributed by atoms with E-state index in [0.29, 0.717) is 7.18 Å². The maximum atomic E-state index is 12.2. The van der Waals surface area contributed by atoms with E-state index in [9.17, 15) is 30.7 Å². The van der Waals surface area contributed by atoms with E-state index in [1.54, 1.807) is 0 Å². The fourth-order valence-electron chi connectivity index (χ4n) is 0.779. The summed E-state index contributed by atoms with van der Waals surface area (Å²) in [5.74, 6) is -5.60. The molecule has 0 saturated heterocycles. The molecule has 0 amide bonds. The molecule has 9 heteroatoms. The minimum Gasteiger partial charge on any atom is -0.313 e. The van der Waals surface area contributed by atoms with Crippen LogP contribution in [0.2, 0.25) is 0 Å². The van der Waals surface area contributed by atoms with Gasteiger partial charge in [-0.15, -0.1) is 0 Å². The molecule has 0 heterocycles. The van der Waals surface area contributed by atoms with E-state index in [0.717, 1.165) is 0 Å². The van der Waals surface area contributed by atoms with Gasteiger partial charge in [-0.1, -0.05) is 0 Å².